The van der Waals surface area contributed by atoms with Gasteiger partial charge >= 0.3 is 0 Å². The van der Waals surface area contributed by atoms with Crippen molar-refractivity contribution in [3.63, 3.8) is 0 Å². The molecule has 19 heavy (non-hydrogen) atoms. The summed E-state index contributed by atoms with van der Waals surface area (Å²) in [5.41, 5.74) is 6.27. The molecule has 0 fully saturated rings. The maximum Gasteiger partial charge on any atom is 0.265 e. The lowest BCUT2D eigenvalue weighted by Gasteiger charge is -2.07. The zero-order valence-electron chi connectivity index (χ0n) is 9.55. The van der Waals surface area contributed by atoms with Crippen molar-refractivity contribution < 1.29 is 4.74 Å². The molecular weight excluding hydrogens is 287 g/mol. The molecule has 3 aromatic rings. The van der Waals surface area contributed by atoms with E-state index in [1.165, 1.54) is 0 Å². The Labute approximate surface area is 118 Å². The van der Waals surface area contributed by atoms with Gasteiger partial charge in [0.05, 0.1) is 6.20 Å². The molecule has 7 heteroatoms. The predicted octanol–water partition coefficient (Wildman–Crippen LogP) is 3.41. The highest BCUT2D eigenvalue weighted by molar-refractivity contribution is 6.34. The number of rotatable bonds is 2. The van der Waals surface area contributed by atoms with E-state index in [2.05, 4.69) is 9.97 Å². The molecule has 0 aliphatic carbocycles. The largest absolute Gasteiger partial charge is 0.436 e. The fraction of sp³-hybridized carbons (Fsp3) is 0. The van der Waals surface area contributed by atoms with Crippen LogP contribution in [0.3, 0.4) is 0 Å². The molecule has 0 saturated heterocycles. The van der Waals surface area contributed by atoms with Gasteiger partial charge in [0.2, 0.25) is 5.65 Å². The van der Waals surface area contributed by atoms with E-state index in [0.29, 0.717) is 33.1 Å². The second-order valence-electron chi connectivity index (χ2n) is 3.84. The molecule has 0 amide bonds. The summed E-state index contributed by atoms with van der Waals surface area (Å²) in [6.45, 7) is 0. The molecule has 2 N–H and O–H groups in total. The van der Waals surface area contributed by atoms with Gasteiger partial charge in [-0.3, -0.25) is 4.40 Å². The third-order valence-electron chi connectivity index (χ3n) is 2.41. The van der Waals surface area contributed by atoms with Crippen molar-refractivity contribution in [1.29, 1.82) is 0 Å². The highest BCUT2D eigenvalue weighted by Gasteiger charge is 2.09. The van der Waals surface area contributed by atoms with Gasteiger partial charge in [0.25, 0.3) is 5.88 Å². The number of nitrogens with two attached hydrogens (primary N) is 1. The van der Waals surface area contributed by atoms with Crippen molar-refractivity contribution >= 4 is 34.7 Å². The van der Waals surface area contributed by atoms with Gasteiger partial charge in [0, 0.05) is 22.4 Å². The second-order valence-corrected chi connectivity index (χ2v) is 4.71. The van der Waals surface area contributed by atoms with Crippen LogP contribution in [0, 0.1) is 0 Å². The lowest BCUT2D eigenvalue weighted by molar-refractivity contribution is 0.466. The summed E-state index contributed by atoms with van der Waals surface area (Å²) >= 11 is 11.8. The van der Waals surface area contributed by atoms with Crippen LogP contribution in [0.2, 0.25) is 10.0 Å². The lowest BCUT2D eigenvalue weighted by Crippen LogP contribution is -1.99. The van der Waals surface area contributed by atoms with Gasteiger partial charge in [0.15, 0.2) is 0 Å². The minimum Gasteiger partial charge on any atom is -0.436 e. The van der Waals surface area contributed by atoms with E-state index in [4.69, 9.17) is 33.7 Å². The Morgan fingerprint density at radius 3 is 2.63 bits per heavy atom. The Kier molecular flexibility index (Phi) is 2.93. The summed E-state index contributed by atoms with van der Waals surface area (Å²) in [6.07, 6.45) is 5.04. The Hall–Kier alpha value is -1.98. The van der Waals surface area contributed by atoms with Crippen LogP contribution in [0.15, 0.2) is 36.8 Å². The third-order valence-corrected chi connectivity index (χ3v) is 2.85. The van der Waals surface area contributed by atoms with Gasteiger partial charge in [0.1, 0.15) is 11.6 Å². The van der Waals surface area contributed by atoms with Crippen LogP contribution in [0.25, 0.3) is 5.65 Å². The highest BCUT2D eigenvalue weighted by atomic mass is 35.5. The highest BCUT2D eigenvalue weighted by Crippen LogP contribution is 2.29. The van der Waals surface area contributed by atoms with Crippen molar-refractivity contribution in [3.05, 3.63) is 46.8 Å². The minimum absolute atomic E-state index is 0.295. The number of nitrogen functional groups attached to an aromatic ring is 1. The Balaban J connectivity index is 2.07. The number of imidazole rings is 1. The van der Waals surface area contributed by atoms with E-state index < -0.39 is 0 Å². The van der Waals surface area contributed by atoms with Crippen molar-refractivity contribution in [1.82, 2.24) is 14.4 Å². The summed E-state index contributed by atoms with van der Waals surface area (Å²) in [7, 11) is 0. The van der Waals surface area contributed by atoms with Crippen LogP contribution in [0.1, 0.15) is 0 Å². The molecule has 0 aliphatic rings. The van der Waals surface area contributed by atoms with E-state index >= 15 is 0 Å². The number of anilines is 1. The molecule has 0 saturated carbocycles. The lowest BCUT2D eigenvalue weighted by atomic mass is 10.3. The first-order valence-electron chi connectivity index (χ1n) is 5.35. The van der Waals surface area contributed by atoms with Crippen LogP contribution < -0.4 is 10.5 Å². The number of fused-ring (bicyclic) bond motifs is 1. The normalized spacial score (nSPS) is 10.8. The standard InChI is InChI=1S/C12H8Cl2N4O/c13-7-3-8(14)5-9(4-7)19-12-11-16-1-2-18(11)6-10(15)17-12/h1-6H,15H2. The van der Waals surface area contributed by atoms with Crippen molar-refractivity contribution in [2.45, 2.75) is 0 Å². The van der Waals surface area contributed by atoms with Crippen LogP contribution in [0.5, 0.6) is 11.6 Å². The van der Waals surface area contributed by atoms with E-state index in [-0.39, 0.29) is 0 Å². The molecular formula is C12H8Cl2N4O. The maximum absolute atomic E-state index is 5.91. The molecule has 0 radical (unpaired) electrons. The summed E-state index contributed by atoms with van der Waals surface area (Å²) in [6, 6.07) is 4.89. The molecule has 0 spiro atoms. The number of hydrogen-bond donors (Lipinski definition) is 1. The third kappa shape index (κ3) is 2.43. The number of hydrogen-bond acceptors (Lipinski definition) is 4. The zero-order chi connectivity index (χ0) is 13.4. The number of ether oxygens (including phenoxy) is 1. The summed E-state index contributed by atoms with van der Waals surface area (Å²) < 4.78 is 7.38. The molecule has 96 valence electrons. The average molecular weight is 295 g/mol. The molecule has 0 bridgehead atoms. The summed E-state index contributed by atoms with van der Waals surface area (Å²) in [5, 5.41) is 0.955. The van der Waals surface area contributed by atoms with Crippen LogP contribution >= 0.6 is 23.2 Å². The SMILES string of the molecule is Nc1cn2ccnc2c(Oc2cc(Cl)cc(Cl)c2)n1. The molecule has 0 aliphatic heterocycles. The molecule has 0 unspecified atom stereocenters. The molecule has 1 aromatic carbocycles. The Morgan fingerprint density at radius 1 is 1.16 bits per heavy atom. The maximum atomic E-state index is 5.91. The van der Waals surface area contributed by atoms with Gasteiger partial charge in [-0.05, 0) is 18.2 Å². The van der Waals surface area contributed by atoms with Crippen LogP contribution in [-0.2, 0) is 0 Å². The van der Waals surface area contributed by atoms with Crippen molar-refractivity contribution in [2.75, 3.05) is 5.73 Å². The predicted molar refractivity (Wildman–Crippen MR) is 73.9 cm³/mol. The Morgan fingerprint density at radius 2 is 1.89 bits per heavy atom. The molecule has 2 aromatic heterocycles. The molecule has 5 nitrogen and oxygen atoms in total. The molecule has 3 rings (SSSR count). The number of nitrogens with zero attached hydrogens (tertiary/aromatic N) is 3. The summed E-state index contributed by atoms with van der Waals surface area (Å²) in [5.74, 6) is 1.09. The summed E-state index contributed by atoms with van der Waals surface area (Å²) in [4.78, 5) is 8.27. The van der Waals surface area contributed by atoms with E-state index in [1.54, 1.807) is 41.2 Å². The van der Waals surface area contributed by atoms with Gasteiger partial charge in [-0.1, -0.05) is 23.2 Å². The van der Waals surface area contributed by atoms with E-state index in [0.717, 1.165) is 0 Å². The zero-order valence-corrected chi connectivity index (χ0v) is 11.1. The van der Waals surface area contributed by atoms with Crippen molar-refractivity contribution in [2.24, 2.45) is 0 Å². The van der Waals surface area contributed by atoms with Crippen LogP contribution in [0.4, 0.5) is 5.82 Å². The first-order chi connectivity index (χ1) is 9.11. The monoisotopic (exact) mass is 294 g/mol. The van der Waals surface area contributed by atoms with Gasteiger partial charge in [-0.15, -0.1) is 0 Å². The fourth-order valence-electron chi connectivity index (χ4n) is 1.69. The second kappa shape index (κ2) is 4.60. The van der Waals surface area contributed by atoms with Gasteiger partial charge in [-0.25, -0.2) is 4.98 Å². The average Bonchev–Trinajstić information content (AvgIpc) is 2.75. The first-order valence-corrected chi connectivity index (χ1v) is 6.10. The smallest absolute Gasteiger partial charge is 0.265 e. The minimum atomic E-state index is 0.295. The number of halogens is 2. The van der Waals surface area contributed by atoms with Crippen molar-refractivity contribution in [3.8, 4) is 11.6 Å². The fourth-order valence-corrected chi connectivity index (χ4v) is 2.20. The molecule has 0 atom stereocenters. The van der Waals surface area contributed by atoms with E-state index in [1.807, 2.05) is 0 Å². The topological polar surface area (TPSA) is 65.4 Å². The molecule has 2 heterocycles. The number of benzene rings is 1. The van der Waals surface area contributed by atoms with Gasteiger partial charge < -0.3 is 10.5 Å². The van der Waals surface area contributed by atoms with Crippen LogP contribution in [-0.4, -0.2) is 14.4 Å². The van der Waals surface area contributed by atoms with Gasteiger partial charge in [-0.2, -0.15) is 4.98 Å². The van der Waals surface area contributed by atoms with E-state index in [9.17, 15) is 0 Å². The Bertz CT molecular complexity index is 736. The first kappa shape index (κ1) is 12.1. The number of aromatic nitrogens is 3. The quantitative estimate of drug-likeness (QED) is 0.786.